The van der Waals surface area contributed by atoms with E-state index in [0.717, 1.165) is 9.13 Å². The number of carbonyl (C=O) groups excluding carboxylic acids is 1. The highest BCUT2D eigenvalue weighted by atomic mass is 127. The number of nitrogens with zero attached hydrogens (tertiary/aromatic N) is 1. The lowest BCUT2D eigenvalue weighted by Crippen LogP contribution is -2.35. The number of methoxy groups -OCH3 is 1. The normalized spacial score (nSPS) is 31.2. The van der Waals surface area contributed by atoms with Crippen molar-refractivity contribution in [3.8, 4) is 5.75 Å². The molecule has 4 atom stereocenters. The molecule has 0 saturated carbocycles. The summed E-state index contributed by atoms with van der Waals surface area (Å²) in [5.74, 6) is 0.557. The number of esters is 1. The minimum Gasteiger partial charge on any atom is -0.495 e. The number of fused-ring (bicyclic) bond motifs is 1. The minimum atomic E-state index is -0.358. The molecule has 2 aliphatic heterocycles. The molecule has 2 heterocycles. The Labute approximate surface area is 147 Å². The monoisotopic (exact) mass is 437 g/mol. The molecule has 2 saturated heterocycles. The average molecular weight is 438 g/mol. The number of hydrogen-bond donors (Lipinski definition) is 0. The van der Waals surface area contributed by atoms with Gasteiger partial charge in [-0.15, -0.1) is 0 Å². The molecule has 7 heteroatoms. The molecule has 2 aliphatic rings. The molecule has 2 unspecified atom stereocenters. The maximum absolute atomic E-state index is 12.1. The van der Waals surface area contributed by atoms with E-state index in [0.29, 0.717) is 17.3 Å². The molecule has 0 N–H and O–H groups in total. The van der Waals surface area contributed by atoms with E-state index in [-0.39, 0.29) is 30.1 Å². The number of ether oxygens (including phenoxy) is 2. The van der Waals surface area contributed by atoms with Crippen LogP contribution in [0.1, 0.15) is 19.4 Å². The van der Waals surface area contributed by atoms with Gasteiger partial charge in [-0.3, -0.25) is 9.63 Å². The zero-order valence-corrected chi connectivity index (χ0v) is 15.4. The summed E-state index contributed by atoms with van der Waals surface area (Å²) in [5, 5.41) is 2.35. The molecule has 0 aliphatic carbocycles. The number of hydrogen-bond acceptors (Lipinski definition) is 5. The van der Waals surface area contributed by atoms with Crippen LogP contribution in [0.25, 0.3) is 0 Å². The van der Waals surface area contributed by atoms with Crippen molar-refractivity contribution < 1.29 is 19.1 Å². The number of carbonyl (C=O) groups is 1. The summed E-state index contributed by atoms with van der Waals surface area (Å²) < 4.78 is 11.7. The van der Waals surface area contributed by atoms with Crippen LogP contribution in [-0.4, -0.2) is 36.4 Å². The van der Waals surface area contributed by atoms with Crippen LogP contribution in [0.5, 0.6) is 5.75 Å². The van der Waals surface area contributed by atoms with Gasteiger partial charge in [0.2, 0.25) is 0 Å². The molecule has 0 aromatic heterocycles. The maximum atomic E-state index is 12.1. The number of halogens is 2. The summed E-state index contributed by atoms with van der Waals surface area (Å²) in [6.07, 6.45) is -0.173. The molecule has 0 spiro atoms. The van der Waals surface area contributed by atoms with Crippen LogP contribution in [0.4, 0.5) is 0 Å². The Kier molecular flexibility index (Phi) is 4.55. The highest BCUT2D eigenvalue weighted by molar-refractivity contribution is 14.1. The fraction of sp³-hybridized carbons (Fsp3) is 0.533. The summed E-state index contributed by atoms with van der Waals surface area (Å²) in [6.45, 7) is 4.33. The molecular weight excluding hydrogens is 421 g/mol. The van der Waals surface area contributed by atoms with Crippen LogP contribution in [0.2, 0.25) is 5.02 Å². The van der Waals surface area contributed by atoms with Crippen molar-refractivity contribution in [3.63, 3.8) is 0 Å². The zero-order chi connectivity index (χ0) is 16.0. The topological polar surface area (TPSA) is 48.0 Å². The fourth-order valence-electron chi connectivity index (χ4n) is 3.26. The Bertz CT molecular complexity index is 611. The van der Waals surface area contributed by atoms with Crippen molar-refractivity contribution in [3.05, 3.63) is 26.3 Å². The lowest BCUT2D eigenvalue weighted by atomic mass is 9.93. The molecule has 0 radical (unpaired) electrons. The van der Waals surface area contributed by atoms with Gasteiger partial charge in [-0.05, 0) is 42.5 Å². The van der Waals surface area contributed by atoms with Gasteiger partial charge in [0.15, 0.2) is 0 Å². The standard InChI is InChI=1S/C15H17ClINO4/c1-7-11-8(2)22-18(13(11)15(19)21-7)6-9-4-5-10(16)12(17)14(9)20-3/h4-5,7-8,11,13H,6H2,1-3H3/t7-,8-,11?,13?/m0/s1. The average Bonchev–Trinajstić information content (AvgIpc) is 2.94. The van der Waals surface area contributed by atoms with Crippen LogP contribution in [0.15, 0.2) is 12.1 Å². The fourth-order valence-corrected chi connectivity index (χ4v) is 4.16. The lowest BCUT2D eigenvalue weighted by Gasteiger charge is -2.21. The quantitative estimate of drug-likeness (QED) is 0.537. The first-order valence-corrected chi connectivity index (χ1v) is 8.54. The number of benzene rings is 1. The van der Waals surface area contributed by atoms with Gasteiger partial charge in [-0.1, -0.05) is 17.7 Å². The van der Waals surface area contributed by atoms with E-state index in [9.17, 15) is 4.79 Å². The number of hydroxylamine groups is 2. The van der Waals surface area contributed by atoms with Gasteiger partial charge >= 0.3 is 5.97 Å². The van der Waals surface area contributed by atoms with Crippen LogP contribution >= 0.6 is 34.2 Å². The van der Waals surface area contributed by atoms with Crippen molar-refractivity contribution >= 4 is 40.2 Å². The first kappa shape index (κ1) is 16.3. The summed E-state index contributed by atoms with van der Waals surface area (Å²) in [5.41, 5.74) is 0.927. The summed E-state index contributed by atoms with van der Waals surface area (Å²) in [6, 6.07) is 3.37. The van der Waals surface area contributed by atoms with Crippen LogP contribution in [0.3, 0.4) is 0 Å². The summed E-state index contributed by atoms with van der Waals surface area (Å²) in [4.78, 5) is 18.0. The second-order valence-electron chi connectivity index (χ2n) is 5.60. The van der Waals surface area contributed by atoms with Crippen LogP contribution in [-0.2, 0) is 20.9 Å². The third-order valence-corrected chi connectivity index (χ3v) is 5.97. The first-order chi connectivity index (χ1) is 10.4. The Hall–Kier alpha value is -0.570. The second-order valence-corrected chi connectivity index (χ2v) is 7.09. The number of rotatable bonds is 3. The highest BCUT2D eigenvalue weighted by Gasteiger charge is 2.54. The molecular formula is C15H17ClINO4. The molecule has 0 amide bonds. The largest absolute Gasteiger partial charge is 0.495 e. The third kappa shape index (κ3) is 2.60. The van der Waals surface area contributed by atoms with Crippen molar-refractivity contribution in [2.24, 2.45) is 5.92 Å². The molecule has 1 aromatic carbocycles. The molecule has 120 valence electrons. The predicted octanol–water partition coefficient (Wildman–Crippen LogP) is 3.02. The molecule has 5 nitrogen and oxygen atoms in total. The van der Waals surface area contributed by atoms with E-state index in [2.05, 4.69) is 22.6 Å². The van der Waals surface area contributed by atoms with Crippen molar-refractivity contribution in [2.75, 3.05) is 7.11 Å². The second kappa shape index (κ2) is 6.14. The Morgan fingerprint density at radius 2 is 2.09 bits per heavy atom. The molecule has 1 aromatic rings. The lowest BCUT2D eigenvalue weighted by molar-refractivity contribution is -0.187. The van der Waals surface area contributed by atoms with E-state index in [1.54, 1.807) is 12.2 Å². The van der Waals surface area contributed by atoms with E-state index in [4.69, 9.17) is 25.9 Å². The van der Waals surface area contributed by atoms with Crippen LogP contribution < -0.4 is 4.74 Å². The first-order valence-electron chi connectivity index (χ1n) is 7.08. The SMILES string of the molecule is COc1c(CN2O[C@@H](C)C3C2C(=O)O[C@H]3C)ccc(Cl)c1I. The van der Waals surface area contributed by atoms with Crippen LogP contribution in [0, 0.1) is 9.49 Å². The van der Waals surface area contributed by atoms with Gasteiger partial charge in [-0.2, -0.15) is 5.06 Å². The van der Waals surface area contributed by atoms with Gasteiger partial charge in [0.05, 0.1) is 34.3 Å². The van der Waals surface area contributed by atoms with Crippen molar-refractivity contribution in [2.45, 2.75) is 38.6 Å². The molecule has 3 rings (SSSR count). The third-order valence-electron chi connectivity index (χ3n) is 4.27. The zero-order valence-electron chi connectivity index (χ0n) is 12.5. The van der Waals surface area contributed by atoms with Gasteiger partial charge in [0.1, 0.15) is 17.9 Å². The predicted molar refractivity (Wildman–Crippen MR) is 89.6 cm³/mol. The van der Waals surface area contributed by atoms with E-state index < -0.39 is 0 Å². The van der Waals surface area contributed by atoms with Gasteiger partial charge < -0.3 is 9.47 Å². The summed E-state index contributed by atoms with van der Waals surface area (Å²) in [7, 11) is 1.61. The van der Waals surface area contributed by atoms with Crippen molar-refractivity contribution in [1.29, 1.82) is 0 Å². The molecule has 2 fully saturated rings. The van der Waals surface area contributed by atoms with Crippen molar-refractivity contribution in [1.82, 2.24) is 5.06 Å². The van der Waals surface area contributed by atoms with E-state index in [1.807, 2.05) is 26.0 Å². The maximum Gasteiger partial charge on any atom is 0.326 e. The van der Waals surface area contributed by atoms with E-state index in [1.165, 1.54) is 0 Å². The summed E-state index contributed by atoms with van der Waals surface area (Å²) >= 11 is 8.28. The highest BCUT2D eigenvalue weighted by Crippen LogP contribution is 2.40. The molecule has 22 heavy (non-hydrogen) atoms. The Morgan fingerprint density at radius 3 is 2.77 bits per heavy atom. The Morgan fingerprint density at radius 1 is 1.36 bits per heavy atom. The van der Waals surface area contributed by atoms with Gasteiger partial charge in [-0.25, -0.2) is 0 Å². The minimum absolute atomic E-state index is 0.0520. The molecule has 0 bridgehead atoms. The van der Waals surface area contributed by atoms with E-state index >= 15 is 0 Å². The number of cyclic esters (lactones) is 1. The smallest absolute Gasteiger partial charge is 0.326 e. The Balaban J connectivity index is 1.88. The van der Waals surface area contributed by atoms with Gasteiger partial charge in [0.25, 0.3) is 0 Å². The van der Waals surface area contributed by atoms with Gasteiger partial charge in [0, 0.05) is 5.56 Å².